The molecule has 1 N–H and O–H groups in total. The van der Waals surface area contributed by atoms with Crippen molar-refractivity contribution in [1.29, 1.82) is 0 Å². The molecule has 0 radical (unpaired) electrons. The summed E-state index contributed by atoms with van der Waals surface area (Å²) in [6.07, 6.45) is 3.26. The zero-order valence-electron chi connectivity index (χ0n) is 11.9. The Labute approximate surface area is 120 Å². The van der Waals surface area contributed by atoms with Gasteiger partial charge >= 0.3 is 0 Å². The van der Waals surface area contributed by atoms with Gasteiger partial charge in [0.05, 0.1) is 0 Å². The van der Waals surface area contributed by atoms with Gasteiger partial charge in [-0.1, -0.05) is 44.2 Å². The molecule has 0 amide bonds. The lowest BCUT2D eigenvalue weighted by Crippen LogP contribution is -2.22. The van der Waals surface area contributed by atoms with Gasteiger partial charge in [-0.2, -0.15) is 0 Å². The predicted molar refractivity (Wildman–Crippen MR) is 86.9 cm³/mol. The molecule has 1 aromatic heterocycles. The van der Waals surface area contributed by atoms with Crippen molar-refractivity contribution >= 4 is 21.4 Å². The Morgan fingerprint density at radius 3 is 2.84 bits per heavy atom. The van der Waals surface area contributed by atoms with Gasteiger partial charge in [0.15, 0.2) is 0 Å². The highest BCUT2D eigenvalue weighted by atomic mass is 32.1. The third-order valence-electron chi connectivity index (χ3n) is 3.52. The van der Waals surface area contributed by atoms with Gasteiger partial charge in [-0.05, 0) is 48.2 Å². The second kappa shape index (κ2) is 6.88. The van der Waals surface area contributed by atoms with Crippen LogP contribution in [0, 0.1) is 0 Å². The van der Waals surface area contributed by atoms with Crippen molar-refractivity contribution in [3.8, 4) is 0 Å². The minimum atomic E-state index is 0.406. The van der Waals surface area contributed by atoms with Gasteiger partial charge in [-0.15, -0.1) is 11.3 Å². The van der Waals surface area contributed by atoms with E-state index in [0.29, 0.717) is 6.04 Å². The smallest absolute Gasteiger partial charge is 0.0371 e. The average molecular weight is 273 g/mol. The quantitative estimate of drug-likeness (QED) is 0.675. The van der Waals surface area contributed by atoms with E-state index < -0.39 is 0 Å². The molecule has 0 fully saturated rings. The summed E-state index contributed by atoms with van der Waals surface area (Å²) < 4.78 is 1.38. The highest BCUT2D eigenvalue weighted by molar-refractivity contribution is 7.17. The molecule has 1 nitrogen and oxygen atoms in total. The lowest BCUT2D eigenvalue weighted by Gasteiger charge is -2.19. The third-order valence-corrected chi connectivity index (χ3v) is 4.50. The first-order chi connectivity index (χ1) is 9.26. The first-order valence-electron chi connectivity index (χ1n) is 7.12. The number of fused-ring (bicyclic) bond motifs is 1. The molecule has 102 valence electrons. The van der Waals surface area contributed by atoms with Crippen LogP contribution in [0.4, 0.5) is 0 Å². The number of rotatable bonds is 7. The maximum absolute atomic E-state index is 4.17. The van der Waals surface area contributed by atoms with E-state index in [0.717, 1.165) is 25.8 Å². The minimum absolute atomic E-state index is 0.406. The summed E-state index contributed by atoms with van der Waals surface area (Å²) in [5.74, 6) is 0. The number of thiophene rings is 1. The highest BCUT2D eigenvalue weighted by Gasteiger charge is 2.15. The molecule has 0 spiro atoms. The van der Waals surface area contributed by atoms with E-state index in [1.54, 1.807) is 0 Å². The van der Waals surface area contributed by atoms with Crippen LogP contribution in [-0.2, 0) is 0 Å². The van der Waals surface area contributed by atoms with Crippen LogP contribution >= 0.6 is 11.3 Å². The summed E-state index contributed by atoms with van der Waals surface area (Å²) in [5, 5.41) is 7.38. The van der Waals surface area contributed by atoms with Crippen LogP contribution in [0.3, 0.4) is 0 Å². The fourth-order valence-corrected chi connectivity index (χ4v) is 3.33. The number of benzene rings is 1. The van der Waals surface area contributed by atoms with Crippen molar-refractivity contribution in [3.63, 3.8) is 0 Å². The zero-order chi connectivity index (χ0) is 13.7. The van der Waals surface area contributed by atoms with Crippen LogP contribution in [0.2, 0.25) is 0 Å². The Morgan fingerprint density at radius 2 is 2.11 bits per heavy atom. The molecule has 19 heavy (non-hydrogen) atoms. The van der Waals surface area contributed by atoms with E-state index in [2.05, 4.69) is 55.4 Å². The number of hydrogen-bond donors (Lipinski definition) is 1. The van der Waals surface area contributed by atoms with Crippen molar-refractivity contribution in [2.24, 2.45) is 0 Å². The lowest BCUT2D eigenvalue weighted by atomic mass is 9.98. The van der Waals surface area contributed by atoms with E-state index in [-0.39, 0.29) is 0 Å². The van der Waals surface area contributed by atoms with E-state index >= 15 is 0 Å². The fourth-order valence-electron chi connectivity index (χ4n) is 2.31. The summed E-state index contributed by atoms with van der Waals surface area (Å²) in [4.78, 5) is 0. The van der Waals surface area contributed by atoms with Gasteiger partial charge in [0.25, 0.3) is 0 Å². The average Bonchev–Trinajstić information content (AvgIpc) is 2.87. The van der Waals surface area contributed by atoms with Crippen LogP contribution in [0.15, 0.2) is 41.8 Å². The summed E-state index contributed by atoms with van der Waals surface area (Å²) in [7, 11) is 0. The van der Waals surface area contributed by atoms with Crippen LogP contribution in [0.1, 0.15) is 44.7 Å². The summed E-state index contributed by atoms with van der Waals surface area (Å²) >= 11 is 1.84. The standard InChI is InChI=1S/C17H23NS/c1-4-10-18-16(11-13(3)5-2)15-12-19-17-9-7-6-8-14(15)17/h6-9,12,16,18H,3-5,10-11H2,1-2H3. The molecule has 0 saturated heterocycles. The third kappa shape index (κ3) is 3.46. The van der Waals surface area contributed by atoms with Gasteiger partial charge in [-0.25, -0.2) is 0 Å². The number of hydrogen-bond acceptors (Lipinski definition) is 2. The zero-order valence-corrected chi connectivity index (χ0v) is 12.7. The Morgan fingerprint density at radius 1 is 1.32 bits per heavy atom. The van der Waals surface area contributed by atoms with Crippen molar-refractivity contribution in [1.82, 2.24) is 5.32 Å². The lowest BCUT2D eigenvalue weighted by molar-refractivity contribution is 0.527. The molecule has 2 heteroatoms. The second-order valence-electron chi connectivity index (χ2n) is 5.00. The molecule has 1 aromatic carbocycles. The molecule has 0 aliphatic carbocycles. The van der Waals surface area contributed by atoms with E-state index in [1.807, 2.05) is 11.3 Å². The summed E-state index contributed by atoms with van der Waals surface area (Å²) in [6, 6.07) is 9.08. The van der Waals surface area contributed by atoms with Crippen molar-refractivity contribution in [2.75, 3.05) is 6.54 Å². The Hall–Kier alpha value is -1.12. The fraction of sp³-hybridized carbons (Fsp3) is 0.412. The largest absolute Gasteiger partial charge is 0.310 e. The van der Waals surface area contributed by atoms with Crippen LogP contribution in [0.25, 0.3) is 10.1 Å². The first kappa shape index (κ1) is 14.3. The highest BCUT2D eigenvalue weighted by Crippen LogP contribution is 2.33. The van der Waals surface area contributed by atoms with Crippen molar-refractivity contribution in [3.05, 3.63) is 47.4 Å². The molecule has 1 heterocycles. The van der Waals surface area contributed by atoms with E-state index in [1.165, 1.54) is 21.2 Å². The van der Waals surface area contributed by atoms with Gasteiger partial charge in [-0.3, -0.25) is 0 Å². The predicted octanol–water partition coefficient (Wildman–Crippen LogP) is 5.30. The summed E-state index contributed by atoms with van der Waals surface area (Å²) in [6.45, 7) is 9.63. The number of nitrogens with one attached hydrogen (secondary N) is 1. The molecule has 1 unspecified atom stereocenters. The monoisotopic (exact) mass is 273 g/mol. The van der Waals surface area contributed by atoms with Gasteiger partial charge in [0.2, 0.25) is 0 Å². The molecule has 0 saturated carbocycles. The summed E-state index contributed by atoms with van der Waals surface area (Å²) in [5.41, 5.74) is 2.76. The molecule has 0 aliphatic rings. The molecule has 2 aromatic rings. The molecular weight excluding hydrogens is 250 g/mol. The Kier molecular flexibility index (Phi) is 5.17. The second-order valence-corrected chi connectivity index (χ2v) is 5.91. The normalized spacial score (nSPS) is 12.7. The molecular formula is C17H23NS. The topological polar surface area (TPSA) is 12.0 Å². The van der Waals surface area contributed by atoms with Crippen molar-refractivity contribution in [2.45, 2.75) is 39.2 Å². The Bertz CT molecular complexity index is 541. The molecule has 0 aliphatic heterocycles. The van der Waals surface area contributed by atoms with E-state index in [9.17, 15) is 0 Å². The van der Waals surface area contributed by atoms with Gasteiger partial charge < -0.3 is 5.32 Å². The van der Waals surface area contributed by atoms with Crippen LogP contribution in [-0.4, -0.2) is 6.54 Å². The van der Waals surface area contributed by atoms with E-state index in [4.69, 9.17) is 0 Å². The SMILES string of the molecule is C=C(CC)CC(NCCC)c1csc2ccccc12. The minimum Gasteiger partial charge on any atom is -0.310 e. The first-order valence-corrected chi connectivity index (χ1v) is 8.00. The maximum atomic E-state index is 4.17. The molecule has 1 atom stereocenters. The maximum Gasteiger partial charge on any atom is 0.0371 e. The molecule has 0 bridgehead atoms. The Balaban J connectivity index is 2.28. The van der Waals surface area contributed by atoms with Crippen LogP contribution in [0.5, 0.6) is 0 Å². The van der Waals surface area contributed by atoms with Crippen LogP contribution < -0.4 is 5.32 Å². The van der Waals surface area contributed by atoms with Crippen molar-refractivity contribution < 1.29 is 0 Å². The molecule has 2 rings (SSSR count). The van der Waals surface area contributed by atoms with Gasteiger partial charge in [0.1, 0.15) is 0 Å². The van der Waals surface area contributed by atoms with Gasteiger partial charge in [0, 0.05) is 10.7 Å².